The fourth-order valence-electron chi connectivity index (χ4n) is 1.68. The van der Waals surface area contributed by atoms with E-state index in [9.17, 15) is 10.0 Å². The Labute approximate surface area is 93.7 Å². The molecule has 0 saturated carbocycles. The number of nitriles is 1. The molecule has 7 nitrogen and oxygen atoms in total. The minimum Gasteiger partial charge on any atom is -0.425 e. The summed E-state index contributed by atoms with van der Waals surface area (Å²) >= 11 is 0. The fraction of sp³-hybridized carbons (Fsp3) is 0. The van der Waals surface area contributed by atoms with Crippen LogP contribution in [0.3, 0.4) is 0 Å². The zero-order valence-corrected chi connectivity index (χ0v) is 8.40. The highest BCUT2D eigenvalue weighted by Crippen LogP contribution is 2.13. The van der Waals surface area contributed by atoms with E-state index in [2.05, 4.69) is 10.1 Å². The molecule has 0 atom stereocenters. The third kappa shape index (κ3) is 1.12. The molecule has 0 aliphatic carbocycles. The molecule has 1 N–H and O–H groups in total. The van der Waals surface area contributed by atoms with Gasteiger partial charge in [-0.15, -0.1) is 0 Å². The Kier molecular flexibility index (Phi) is 1.68. The van der Waals surface area contributed by atoms with Crippen LogP contribution in [-0.4, -0.2) is 24.5 Å². The molecule has 0 aromatic carbocycles. The summed E-state index contributed by atoms with van der Waals surface area (Å²) in [6.07, 6.45) is 3.92. The van der Waals surface area contributed by atoms with E-state index in [0.717, 1.165) is 0 Å². The maximum Gasteiger partial charge on any atom is 0.293 e. The maximum atomic E-state index is 11.6. The van der Waals surface area contributed by atoms with Crippen molar-refractivity contribution in [2.24, 2.45) is 0 Å². The number of hydrogen-bond acceptors (Lipinski definition) is 5. The zero-order chi connectivity index (χ0) is 12.0. The van der Waals surface area contributed by atoms with E-state index in [1.54, 1.807) is 0 Å². The predicted octanol–water partition coefficient (Wildman–Crippen LogP) is 0.153. The molecule has 3 heterocycles. The van der Waals surface area contributed by atoms with Gasteiger partial charge in [-0.2, -0.15) is 15.1 Å². The molecule has 0 fully saturated rings. The lowest BCUT2D eigenvalue weighted by Crippen LogP contribution is -2.17. The number of fused-ring (bicyclic) bond motifs is 3. The van der Waals surface area contributed by atoms with Crippen LogP contribution in [-0.2, 0) is 0 Å². The smallest absolute Gasteiger partial charge is 0.293 e. The van der Waals surface area contributed by atoms with Gasteiger partial charge in [0.25, 0.3) is 5.56 Å². The lowest BCUT2D eigenvalue weighted by molar-refractivity contribution is 0.176. The van der Waals surface area contributed by atoms with Crippen LogP contribution in [0.4, 0.5) is 0 Å². The Morgan fingerprint density at radius 1 is 1.41 bits per heavy atom. The van der Waals surface area contributed by atoms with Gasteiger partial charge in [0.15, 0.2) is 5.65 Å². The van der Waals surface area contributed by atoms with Crippen LogP contribution >= 0.6 is 0 Å². The van der Waals surface area contributed by atoms with E-state index in [1.165, 1.54) is 29.2 Å². The lowest BCUT2D eigenvalue weighted by atomic mass is 10.3. The van der Waals surface area contributed by atoms with Crippen molar-refractivity contribution in [1.29, 1.82) is 5.26 Å². The first-order valence-electron chi connectivity index (χ1n) is 4.70. The minimum atomic E-state index is -0.578. The third-order valence-electron chi connectivity index (χ3n) is 2.50. The number of pyridine rings is 1. The van der Waals surface area contributed by atoms with Crippen LogP contribution in [0.1, 0.15) is 5.56 Å². The van der Waals surface area contributed by atoms with Gasteiger partial charge >= 0.3 is 0 Å². The molecule has 17 heavy (non-hydrogen) atoms. The molecular formula is C10H5N5O2. The van der Waals surface area contributed by atoms with Gasteiger partial charge in [-0.3, -0.25) is 4.79 Å². The molecular weight excluding hydrogens is 222 g/mol. The van der Waals surface area contributed by atoms with Crippen molar-refractivity contribution in [2.75, 3.05) is 0 Å². The van der Waals surface area contributed by atoms with E-state index in [-0.39, 0.29) is 5.39 Å². The Morgan fingerprint density at radius 2 is 2.24 bits per heavy atom. The summed E-state index contributed by atoms with van der Waals surface area (Å²) in [6.45, 7) is 0. The monoisotopic (exact) mass is 227 g/mol. The van der Waals surface area contributed by atoms with Crippen molar-refractivity contribution in [3.8, 4) is 6.07 Å². The molecule has 0 radical (unpaired) electrons. The van der Waals surface area contributed by atoms with Crippen LogP contribution in [0.15, 0.2) is 29.5 Å². The van der Waals surface area contributed by atoms with Crippen molar-refractivity contribution >= 4 is 16.6 Å². The molecule has 7 heteroatoms. The minimum absolute atomic E-state index is 0.232. The van der Waals surface area contributed by atoms with Crippen LogP contribution in [0.2, 0.25) is 0 Å². The van der Waals surface area contributed by atoms with E-state index >= 15 is 0 Å². The van der Waals surface area contributed by atoms with Crippen molar-refractivity contribution in [3.63, 3.8) is 0 Å². The van der Waals surface area contributed by atoms with Gasteiger partial charge in [0.2, 0.25) is 0 Å². The van der Waals surface area contributed by atoms with Gasteiger partial charge in [0, 0.05) is 12.4 Å². The van der Waals surface area contributed by atoms with Crippen LogP contribution < -0.4 is 5.56 Å². The Hall–Kier alpha value is -2.88. The summed E-state index contributed by atoms with van der Waals surface area (Å²) in [5.74, 6) is 0. The SMILES string of the molecule is N#Cc1cnn2c1ncc1c(=O)n(O)ccc12. The van der Waals surface area contributed by atoms with Gasteiger partial charge in [-0.1, -0.05) is 0 Å². The highest BCUT2D eigenvalue weighted by Gasteiger charge is 2.10. The quantitative estimate of drug-likeness (QED) is 0.551. The maximum absolute atomic E-state index is 11.6. The third-order valence-corrected chi connectivity index (χ3v) is 2.50. The van der Waals surface area contributed by atoms with Crippen molar-refractivity contribution < 1.29 is 5.21 Å². The Bertz CT molecular complexity index is 839. The second kappa shape index (κ2) is 3.05. The number of nitrogens with zero attached hydrogens (tertiary/aromatic N) is 5. The number of hydrogen-bond donors (Lipinski definition) is 1. The molecule has 3 aromatic rings. The normalized spacial score (nSPS) is 10.8. The van der Waals surface area contributed by atoms with Gasteiger partial charge in [-0.05, 0) is 6.07 Å². The van der Waals surface area contributed by atoms with Crippen molar-refractivity contribution in [1.82, 2.24) is 19.3 Å². The first kappa shape index (κ1) is 9.35. The highest BCUT2D eigenvalue weighted by molar-refractivity contribution is 5.80. The topological polar surface area (TPSA) is 96.2 Å². The predicted molar refractivity (Wildman–Crippen MR) is 56.7 cm³/mol. The summed E-state index contributed by atoms with van der Waals surface area (Å²) in [6, 6.07) is 3.49. The molecule has 3 rings (SSSR count). The molecule has 0 spiro atoms. The standard InChI is InChI=1S/C10H5N5O2/c11-3-6-4-13-15-8-1-2-14(17)10(16)7(8)5-12-9(6)15/h1-2,4-5,17H. The molecule has 0 amide bonds. The van der Waals surface area contributed by atoms with Gasteiger partial charge < -0.3 is 5.21 Å². The second-order valence-corrected chi connectivity index (χ2v) is 3.43. The largest absolute Gasteiger partial charge is 0.425 e. The Morgan fingerprint density at radius 3 is 3.00 bits per heavy atom. The molecule has 3 aromatic heterocycles. The molecule has 0 bridgehead atoms. The van der Waals surface area contributed by atoms with Gasteiger partial charge in [-0.25, -0.2) is 9.50 Å². The fourth-order valence-corrected chi connectivity index (χ4v) is 1.68. The van der Waals surface area contributed by atoms with Gasteiger partial charge in [0.05, 0.1) is 17.1 Å². The van der Waals surface area contributed by atoms with Crippen LogP contribution in [0.25, 0.3) is 16.6 Å². The highest BCUT2D eigenvalue weighted by atomic mass is 16.5. The average molecular weight is 227 g/mol. The van der Waals surface area contributed by atoms with Crippen molar-refractivity contribution in [3.05, 3.63) is 40.6 Å². The van der Waals surface area contributed by atoms with Gasteiger partial charge in [0.1, 0.15) is 11.6 Å². The first-order chi connectivity index (χ1) is 8.22. The molecule has 0 unspecified atom stereocenters. The summed E-state index contributed by atoms with van der Waals surface area (Å²) in [5.41, 5.74) is 0.632. The van der Waals surface area contributed by atoms with E-state index < -0.39 is 5.56 Å². The lowest BCUT2D eigenvalue weighted by Gasteiger charge is -2.01. The van der Waals surface area contributed by atoms with E-state index in [0.29, 0.717) is 21.5 Å². The summed E-state index contributed by atoms with van der Waals surface area (Å²) in [7, 11) is 0. The number of rotatable bonds is 0. The number of aromatic nitrogens is 4. The van der Waals surface area contributed by atoms with Crippen LogP contribution in [0.5, 0.6) is 0 Å². The molecule has 0 aliphatic heterocycles. The Balaban J connectivity index is 2.59. The average Bonchev–Trinajstić information content (AvgIpc) is 2.76. The molecule has 0 aliphatic rings. The first-order valence-corrected chi connectivity index (χ1v) is 4.70. The molecule has 82 valence electrons. The van der Waals surface area contributed by atoms with E-state index in [4.69, 9.17) is 5.26 Å². The zero-order valence-electron chi connectivity index (χ0n) is 8.40. The van der Waals surface area contributed by atoms with E-state index in [1.807, 2.05) is 6.07 Å². The summed E-state index contributed by atoms with van der Waals surface area (Å²) < 4.78 is 1.87. The van der Waals surface area contributed by atoms with Crippen molar-refractivity contribution in [2.45, 2.75) is 0 Å². The second-order valence-electron chi connectivity index (χ2n) is 3.43. The summed E-state index contributed by atoms with van der Waals surface area (Å²) in [4.78, 5) is 15.6. The molecule has 0 saturated heterocycles. The summed E-state index contributed by atoms with van der Waals surface area (Å²) in [5, 5.41) is 22.3. The van der Waals surface area contributed by atoms with Crippen LogP contribution in [0, 0.1) is 11.3 Å².